The van der Waals surface area contributed by atoms with Crippen molar-refractivity contribution in [2.75, 3.05) is 19.7 Å². The Bertz CT molecular complexity index is 254. The van der Waals surface area contributed by atoms with Gasteiger partial charge in [-0.2, -0.15) is 0 Å². The fraction of sp³-hybridized carbons (Fsp3) is 1.00. The van der Waals surface area contributed by atoms with Gasteiger partial charge >= 0.3 is 0 Å². The fourth-order valence-corrected chi connectivity index (χ4v) is 3.36. The van der Waals surface area contributed by atoms with Crippen LogP contribution in [-0.4, -0.2) is 41.3 Å². The molecule has 1 saturated heterocycles. The Morgan fingerprint density at radius 2 is 2.12 bits per heavy atom. The summed E-state index contributed by atoms with van der Waals surface area (Å²) in [6.45, 7) is 7.27. The van der Waals surface area contributed by atoms with Gasteiger partial charge in [-0.3, -0.25) is 4.90 Å². The predicted molar refractivity (Wildman–Crippen MR) is 66.2 cm³/mol. The average molecular weight is 226 g/mol. The fourth-order valence-electron chi connectivity index (χ4n) is 3.36. The minimum absolute atomic E-state index is 0.140. The SMILES string of the molecule is CC1(C)CCCN(C2CCC(N)(CO)C2)C1. The third-order valence-electron chi connectivity index (χ3n) is 4.38. The van der Waals surface area contributed by atoms with E-state index in [2.05, 4.69) is 18.7 Å². The molecule has 0 aromatic heterocycles. The molecular formula is C13H26N2O. The lowest BCUT2D eigenvalue weighted by Gasteiger charge is -2.41. The molecule has 3 heteroatoms. The lowest BCUT2D eigenvalue weighted by atomic mass is 9.83. The third kappa shape index (κ3) is 2.58. The molecule has 1 aliphatic heterocycles. The topological polar surface area (TPSA) is 49.5 Å². The second-order valence-electron chi connectivity index (χ2n) is 6.66. The molecule has 2 atom stereocenters. The van der Waals surface area contributed by atoms with Crippen molar-refractivity contribution in [1.82, 2.24) is 4.90 Å². The van der Waals surface area contributed by atoms with E-state index in [0.29, 0.717) is 11.5 Å². The zero-order valence-electron chi connectivity index (χ0n) is 10.7. The quantitative estimate of drug-likeness (QED) is 0.747. The summed E-state index contributed by atoms with van der Waals surface area (Å²) in [5, 5.41) is 9.30. The maximum atomic E-state index is 9.30. The lowest BCUT2D eigenvalue weighted by molar-refractivity contribution is 0.0750. The van der Waals surface area contributed by atoms with Crippen LogP contribution in [0.1, 0.15) is 46.0 Å². The van der Waals surface area contributed by atoms with Gasteiger partial charge in [0.25, 0.3) is 0 Å². The first-order valence-electron chi connectivity index (χ1n) is 6.58. The summed E-state index contributed by atoms with van der Waals surface area (Å²) in [7, 11) is 0. The monoisotopic (exact) mass is 226 g/mol. The molecule has 3 N–H and O–H groups in total. The Morgan fingerprint density at radius 1 is 1.38 bits per heavy atom. The molecule has 0 bridgehead atoms. The molecule has 2 unspecified atom stereocenters. The number of aliphatic hydroxyl groups is 1. The van der Waals surface area contributed by atoms with Gasteiger partial charge in [-0.1, -0.05) is 13.8 Å². The van der Waals surface area contributed by atoms with E-state index in [1.54, 1.807) is 0 Å². The second-order valence-corrected chi connectivity index (χ2v) is 6.66. The van der Waals surface area contributed by atoms with Crippen molar-refractivity contribution >= 4 is 0 Å². The van der Waals surface area contributed by atoms with E-state index in [1.807, 2.05) is 0 Å². The summed E-state index contributed by atoms with van der Waals surface area (Å²) in [6.07, 6.45) is 5.75. The van der Waals surface area contributed by atoms with Gasteiger partial charge in [-0.05, 0) is 44.1 Å². The van der Waals surface area contributed by atoms with E-state index in [9.17, 15) is 5.11 Å². The van der Waals surface area contributed by atoms with Crippen LogP contribution in [-0.2, 0) is 0 Å². The van der Waals surface area contributed by atoms with Gasteiger partial charge in [0.15, 0.2) is 0 Å². The van der Waals surface area contributed by atoms with Crippen molar-refractivity contribution in [3.05, 3.63) is 0 Å². The summed E-state index contributed by atoms with van der Waals surface area (Å²) in [4.78, 5) is 2.60. The first kappa shape index (κ1) is 12.3. The highest BCUT2D eigenvalue weighted by molar-refractivity contribution is 4.98. The molecule has 1 saturated carbocycles. The molecule has 0 spiro atoms. The Hall–Kier alpha value is -0.120. The maximum absolute atomic E-state index is 9.30. The molecule has 3 nitrogen and oxygen atoms in total. The highest BCUT2D eigenvalue weighted by Crippen LogP contribution is 2.36. The Labute approximate surface area is 99.0 Å². The van der Waals surface area contributed by atoms with Gasteiger partial charge in [-0.25, -0.2) is 0 Å². The molecule has 2 aliphatic rings. The second kappa shape index (κ2) is 4.28. The molecular weight excluding hydrogens is 200 g/mol. The van der Waals surface area contributed by atoms with Crippen LogP contribution in [0.3, 0.4) is 0 Å². The minimum Gasteiger partial charge on any atom is -0.394 e. The van der Waals surface area contributed by atoms with Crippen molar-refractivity contribution in [3.8, 4) is 0 Å². The number of hydrogen-bond acceptors (Lipinski definition) is 3. The third-order valence-corrected chi connectivity index (χ3v) is 4.38. The van der Waals surface area contributed by atoms with E-state index in [0.717, 1.165) is 19.3 Å². The van der Waals surface area contributed by atoms with Crippen molar-refractivity contribution in [2.24, 2.45) is 11.1 Å². The van der Waals surface area contributed by atoms with Crippen LogP contribution in [0.15, 0.2) is 0 Å². The first-order chi connectivity index (χ1) is 7.44. The van der Waals surface area contributed by atoms with Gasteiger partial charge in [0.2, 0.25) is 0 Å². The summed E-state index contributed by atoms with van der Waals surface area (Å²) < 4.78 is 0. The summed E-state index contributed by atoms with van der Waals surface area (Å²) in [5.41, 5.74) is 6.30. The van der Waals surface area contributed by atoms with Gasteiger partial charge in [-0.15, -0.1) is 0 Å². The van der Waals surface area contributed by atoms with Crippen LogP contribution in [0.2, 0.25) is 0 Å². The van der Waals surface area contributed by atoms with Crippen molar-refractivity contribution in [3.63, 3.8) is 0 Å². The Morgan fingerprint density at radius 3 is 2.69 bits per heavy atom. The average Bonchev–Trinajstić information content (AvgIpc) is 2.61. The molecule has 16 heavy (non-hydrogen) atoms. The van der Waals surface area contributed by atoms with E-state index in [1.165, 1.54) is 25.9 Å². The van der Waals surface area contributed by atoms with E-state index >= 15 is 0 Å². The number of piperidine rings is 1. The summed E-state index contributed by atoms with van der Waals surface area (Å²) >= 11 is 0. The first-order valence-corrected chi connectivity index (χ1v) is 6.58. The van der Waals surface area contributed by atoms with Crippen LogP contribution >= 0.6 is 0 Å². The van der Waals surface area contributed by atoms with Gasteiger partial charge in [0.05, 0.1) is 6.61 Å². The molecule has 2 fully saturated rings. The number of likely N-dealkylation sites (tertiary alicyclic amines) is 1. The molecule has 94 valence electrons. The number of nitrogens with two attached hydrogens (primary N) is 1. The summed E-state index contributed by atoms with van der Waals surface area (Å²) in [6, 6.07) is 0.608. The lowest BCUT2D eigenvalue weighted by Crippen LogP contribution is -2.47. The molecule has 2 rings (SSSR count). The summed E-state index contributed by atoms with van der Waals surface area (Å²) in [5.74, 6) is 0. The maximum Gasteiger partial charge on any atom is 0.0611 e. The van der Waals surface area contributed by atoms with Gasteiger partial charge < -0.3 is 10.8 Å². The zero-order valence-corrected chi connectivity index (χ0v) is 10.7. The standard InChI is InChI=1S/C13H26N2O/c1-12(2)5-3-7-15(9-12)11-4-6-13(14,8-11)10-16/h11,16H,3-10,14H2,1-2H3. The molecule has 0 amide bonds. The normalized spacial score (nSPS) is 40.1. The van der Waals surface area contributed by atoms with E-state index < -0.39 is 0 Å². The minimum atomic E-state index is -0.299. The van der Waals surface area contributed by atoms with Crippen LogP contribution in [0.4, 0.5) is 0 Å². The number of hydrogen-bond donors (Lipinski definition) is 2. The highest BCUT2D eigenvalue weighted by Gasteiger charge is 2.40. The Kier molecular flexibility index (Phi) is 3.30. The zero-order chi connectivity index (χ0) is 11.8. The molecule has 0 aromatic carbocycles. The van der Waals surface area contributed by atoms with Gasteiger partial charge in [0, 0.05) is 18.1 Å². The van der Waals surface area contributed by atoms with Crippen LogP contribution in [0.5, 0.6) is 0 Å². The van der Waals surface area contributed by atoms with E-state index in [-0.39, 0.29) is 12.1 Å². The van der Waals surface area contributed by atoms with Gasteiger partial charge in [0.1, 0.15) is 0 Å². The number of nitrogens with zero attached hydrogens (tertiary/aromatic N) is 1. The predicted octanol–water partition coefficient (Wildman–Crippen LogP) is 1.35. The smallest absolute Gasteiger partial charge is 0.0611 e. The molecule has 0 aromatic rings. The number of aliphatic hydroxyl groups excluding tert-OH is 1. The largest absolute Gasteiger partial charge is 0.394 e. The molecule has 1 aliphatic carbocycles. The van der Waals surface area contributed by atoms with Crippen molar-refractivity contribution in [1.29, 1.82) is 0 Å². The van der Waals surface area contributed by atoms with Crippen LogP contribution in [0, 0.1) is 5.41 Å². The Balaban J connectivity index is 1.94. The molecule has 1 heterocycles. The van der Waals surface area contributed by atoms with Crippen molar-refractivity contribution < 1.29 is 5.11 Å². The molecule has 0 radical (unpaired) electrons. The van der Waals surface area contributed by atoms with E-state index in [4.69, 9.17) is 5.73 Å². The van der Waals surface area contributed by atoms with Crippen LogP contribution in [0.25, 0.3) is 0 Å². The van der Waals surface area contributed by atoms with Crippen molar-refractivity contribution in [2.45, 2.75) is 57.5 Å². The highest BCUT2D eigenvalue weighted by atomic mass is 16.3. The van der Waals surface area contributed by atoms with Crippen LogP contribution < -0.4 is 5.73 Å². The number of rotatable bonds is 2.